The number of rotatable bonds is 6. The molecule has 0 heterocycles. The molecule has 0 fully saturated rings. The van der Waals surface area contributed by atoms with Gasteiger partial charge in [-0.1, -0.05) is 0 Å². The van der Waals surface area contributed by atoms with Gasteiger partial charge in [0.25, 0.3) is 5.91 Å². The summed E-state index contributed by atoms with van der Waals surface area (Å²) in [5, 5.41) is 3.91. The van der Waals surface area contributed by atoms with Crippen LogP contribution < -0.4 is 25.4 Å². The summed E-state index contributed by atoms with van der Waals surface area (Å²) in [6.07, 6.45) is 1.41. The summed E-state index contributed by atoms with van der Waals surface area (Å²) in [5.41, 5.74) is 9.57. The Morgan fingerprint density at radius 1 is 1.08 bits per heavy atom. The molecule has 2 rings (SSSR count). The summed E-state index contributed by atoms with van der Waals surface area (Å²) in [4.78, 5) is 23.2. The first kappa shape index (κ1) is 18.8. The van der Waals surface area contributed by atoms with E-state index in [0.717, 1.165) is 0 Å². The molecule has 0 unspecified atom stereocenters. The van der Waals surface area contributed by atoms with Crippen LogP contribution in [0.4, 0.5) is 5.69 Å². The van der Waals surface area contributed by atoms with Gasteiger partial charge in [0.05, 0.1) is 20.4 Å². The number of carbonyl (C=O) groups excluding carboxylic acids is 2. The monoisotopic (exact) mass is 357 g/mol. The third-order valence-electron chi connectivity index (χ3n) is 3.28. The molecule has 0 radical (unpaired) electrons. The van der Waals surface area contributed by atoms with Crippen LogP contribution in [0.3, 0.4) is 0 Å². The van der Waals surface area contributed by atoms with Gasteiger partial charge in [-0.3, -0.25) is 9.59 Å². The van der Waals surface area contributed by atoms with Crippen LogP contribution in [0.15, 0.2) is 41.5 Å². The second kappa shape index (κ2) is 8.52. The van der Waals surface area contributed by atoms with E-state index < -0.39 is 5.97 Å². The van der Waals surface area contributed by atoms with Crippen LogP contribution in [0.25, 0.3) is 0 Å². The first-order valence-corrected chi connectivity index (χ1v) is 7.58. The number of nitrogens with two attached hydrogens (primary N) is 1. The van der Waals surface area contributed by atoms with Crippen molar-refractivity contribution in [2.45, 2.75) is 6.92 Å². The predicted molar refractivity (Wildman–Crippen MR) is 96.8 cm³/mol. The first-order valence-electron chi connectivity index (χ1n) is 7.58. The highest BCUT2D eigenvalue weighted by molar-refractivity contribution is 5.95. The number of ether oxygens (including phenoxy) is 3. The number of nitrogens with one attached hydrogen (secondary N) is 1. The number of amides is 1. The van der Waals surface area contributed by atoms with Crippen molar-refractivity contribution in [2.75, 3.05) is 20.0 Å². The SMILES string of the molecule is COc1cc(/C=N/NC(=O)c2ccc(N)cc2)cc(OC)c1OC(C)=O. The van der Waals surface area contributed by atoms with Crippen molar-refractivity contribution in [1.29, 1.82) is 0 Å². The van der Waals surface area contributed by atoms with Crippen molar-refractivity contribution in [3.63, 3.8) is 0 Å². The molecule has 2 aromatic carbocycles. The Balaban J connectivity index is 2.17. The van der Waals surface area contributed by atoms with Crippen LogP contribution in [-0.2, 0) is 4.79 Å². The number of hydrazone groups is 1. The zero-order valence-corrected chi connectivity index (χ0v) is 14.6. The molecule has 0 atom stereocenters. The first-order chi connectivity index (χ1) is 12.4. The molecule has 0 aliphatic rings. The van der Waals surface area contributed by atoms with Crippen LogP contribution in [-0.4, -0.2) is 32.3 Å². The summed E-state index contributed by atoms with van der Waals surface area (Å²) >= 11 is 0. The smallest absolute Gasteiger partial charge is 0.308 e. The minimum atomic E-state index is -0.501. The van der Waals surface area contributed by atoms with Gasteiger partial charge in [0.1, 0.15) is 0 Å². The van der Waals surface area contributed by atoms with Crippen molar-refractivity contribution >= 4 is 23.8 Å². The lowest BCUT2D eigenvalue weighted by Crippen LogP contribution is -2.17. The fourth-order valence-electron chi connectivity index (χ4n) is 2.08. The molecule has 0 saturated heterocycles. The Labute approximate surface area is 150 Å². The van der Waals surface area contributed by atoms with Gasteiger partial charge in [0.15, 0.2) is 11.5 Å². The number of nitrogens with zero attached hydrogens (tertiary/aromatic N) is 1. The van der Waals surface area contributed by atoms with Crippen molar-refractivity contribution in [2.24, 2.45) is 5.10 Å². The molecule has 136 valence electrons. The van der Waals surface area contributed by atoms with Crippen molar-refractivity contribution < 1.29 is 23.8 Å². The van der Waals surface area contributed by atoms with Crippen molar-refractivity contribution in [3.05, 3.63) is 47.5 Å². The fourth-order valence-corrected chi connectivity index (χ4v) is 2.08. The van der Waals surface area contributed by atoms with Gasteiger partial charge in [-0.25, -0.2) is 5.43 Å². The molecule has 0 aliphatic carbocycles. The number of esters is 1. The Hall–Kier alpha value is -3.55. The van der Waals surface area contributed by atoms with Gasteiger partial charge in [-0.2, -0.15) is 5.10 Å². The average molecular weight is 357 g/mol. The molecule has 0 saturated carbocycles. The molecular weight excluding hydrogens is 338 g/mol. The number of anilines is 1. The summed E-state index contributed by atoms with van der Waals surface area (Å²) in [7, 11) is 2.87. The maximum absolute atomic E-state index is 12.0. The highest BCUT2D eigenvalue weighted by Gasteiger charge is 2.15. The lowest BCUT2D eigenvalue weighted by molar-refractivity contribution is -0.132. The van der Waals surface area contributed by atoms with Crippen molar-refractivity contribution in [1.82, 2.24) is 5.43 Å². The molecule has 3 N–H and O–H groups in total. The zero-order chi connectivity index (χ0) is 19.1. The molecule has 2 aromatic rings. The quantitative estimate of drug-likeness (QED) is 0.269. The predicted octanol–water partition coefficient (Wildman–Crippen LogP) is 1.98. The van der Waals surface area contributed by atoms with E-state index in [4.69, 9.17) is 19.9 Å². The molecular formula is C18H19N3O5. The summed E-state index contributed by atoms with van der Waals surface area (Å²) in [6, 6.07) is 9.64. The molecule has 0 aromatic heterocycles. The Morgan fingerprint density at radius 2 is 1.65 bits per heavy atom. The van der Waals surface area contributed by atoms with E-state index >= 15 is 0 Å². The lowest BCUT2D eigenvalue weighted by Gasteiger charge is -2.13. The summed E-state index contributed by atoms with van der Waals surface area (Å²) in [6.45, 7) is 1.28. The van der Waals surface area contributed by atoms with Crippen LogP contribution >= 0.6 is 0 Å². The standard InChI is InChI=1S/C18H19N3O5/c1-11(22)26-17-15(24-2)8-12(9-16(17)25-3)10-20-21-18(23)13-4-6-14(19)7-5-13/h4-10H,19H2,1-3H3,(H,21,23)/b20-10+. The van der Waals surface area contributed by atoms with Gasteiger partial charge >= 0.3 is 5.97 Å². The van der Waals surface area contributed by atoms with Gasteiger partial charge < -0.3 is 19.9 Å². The van der Waals surface area contributed by atoms with E-state index in [1.54, 1.807) is 36.4 Å². The van der Waals surface area contributed by atoms with E-state index in [9.17, 15) is 9.59 Å². The van der Waals surface area contributed by atoms with E-state index in [1.807, 2.05) is 0 Å². The number of hydrogen-bond acceptors (Lipinski definition) is 7. The van der Waals surface area contributed by atoms with E-state index in [0.29, 0.717) is 28.3 Å². The molecule has 8 nitrogen and oxygen atoms in total. The Kier molecular flexibility index (Phi) is 6.15. The van der Waals surface area contributed by atoms with Crippen LogP contribution in [0.2, 0.25) is 0 Å². The lowest BCUT2D eigenvalue weighted by atomic mass is 10.2. The third-order valence-corrected chi connectivity index (χ3v) is 3.28. The molecule has 0 bridgehead atoms. The largest absolute Gasteiger partial charge is 0.493 e. The normalized spacial score (nSPS) is 10.4. The van der Waals surface area contributed by atoms with Crippen LogP contribution in [0.1, 0.15) is 22.8 Å². The number of methoxy groups -OCH3 is 2. The van der Waals surface area contributed by atoms with Crippen LogP contribution in [0.5, 0.6) is 17.2 Å². The molecule has 1 amide bonds. The zero-order valence-electron chi connectivity index (χ0n) is 14.6. The van der Waals surface area contributed by atoms with Gasteiger partial charge in [0, 0.05) is 23.7 Å². The van der Waals surface area contributed by atoms with E-state index in [1.165, 1.54) is 27.4 Å². The van der Waals surface area contributed by atoms with Crippen LogP contribution in [0, 0.1) is 0 Å². The number of nitrogen functional groups attached to an aromatic ring is 1. The Morgan fingerprint density at radius 3 is 2.15 bits per heavy atom. The van der Waals surface area contributed by atoms with E-state index in [-0.39, 0.29) is 11.7 Å². The highest BCUT2D eigenvalue weighted by atomic mass is 16.6. The molecule has 26 heavy (non-hydrogen) atoms. The molecule has 0 spiro atoms. The second-order valence-electron chi connectivity index (χ2n) is 5.17. The van der Waals surface area contributed by atoms with Gasteiger partial charge in [-0.05, 0) is 36.4 Å². The number of benzene rings is 2. The number of carbonyl (C=O) groups is 2. The summed E-state index contributed by atoms with van der Waals surface area (Å²) in [5.74, 6) is -0.113. The topological polar surface area (TPSA) is 112 Å². The highest BCUT2D eigenvalue weighted by Crippen LogP contribution is 2.38. The molecule has 8 heteroatoms. The van der Waals surface area contributed by atoms with Gasteiger partial charge in [0.2, 0.25) is 5.75 Å². The maximum atomic E-state index is 12.0. The average Bonchev–Trinajstić information content (AvgIpc) is 2.62. The third kappa shape index (κ3) is 4.73. The fraction of sp³-hybridized carbons (Fsp3) is 0.167. The summed E-state index contributed by atoms with van der Waals surface area (Å²) < 4.78 is 15.5. The van der Waals surface area contributed by atoms with Crippen molar-refractivity contribution in [3.8, 4) is 17.2 Å². The van der Waals surface area contributed by atoms with Gasteiger partial charge in [-0.15, -0.1) is 0 Å². The Bertz CT molecular complexity index is 806. The minimum Gasteiger partial charge on any atom is -0.493 e. The maximum Gasteiger partial charge on any atom is 0.308 e. The minimum absolute atomic E-state index is 0.172. The van der Waals surface area contributed by atoms with E-state index in [2.05, 4.69) is 10.5 Å². The second-order valence-corrected chi connectivity index (χ2v) is 5.17. The number of hydrogen-bond donors (Lipinski definition) is 2. The molecule has 0 aliphatic heterocycles.